The number of anilines is 1. The van der Waals surface area contributed by atoms with E-state index < -0.39 is 0 Å². The van der Waals surface area contributed by atoms with Crippen LogP contribution in [0.15, 0.2) is 91.0 Å². The molecule has 0 radical (unpaired) electrons. The number of hydrogen-bond acceptors (Lipinski definition) is 4. The van der Waals surface area contributed by atoms with E-state index in [9.17, 15) is 4.79 Å². The van der Waals surface area contributed by atoms with Crippen LogP contribution in [0.25, 0.3) is 16.9 Å². The molecule has 6 nitrogen and oxygen atoms in total. The van der Waals surface area contributed by atoms with E-state index >= 15 is 0 Å². The first-order chi connectivity index (χ1) is 16.7. The highest BCUT2D eigenvalue weighted by Crippen LogP contribution is 2.29. The van der Waals surface area contributed by atoms with Crippen molar-refractivity contribution < 1.29 is 9.53 Å². The van der Waals surface area contributed by atoms with Gasteiger partial charge in [0.05, 0.1) is 23.7 Å². The van der Waals surface area contributed by atoms with Crippen molar-refractivity contribution in [3.05, 3.63) is 96.7 Å². The molecule has 6 heteroatoms. The lowest BCUT2D eigenvalue weighted by Crippen LogP contribution is -2.49. The Morgan fingerprint density at radius 3 is 2.21 bits per heavy atom. The number of ether oxygens (including phenoxy) is 1. The normalized spacial score (nSPS) is 13.7. The summed E-state index contributed by atoms with van der Waals surface area (Å²) < 4.78 is 7.57. The molecule has 0 bridgehead atoms. The van der Waals surface area contributed by atoms with Gasteiger partial charge in [-0.2, -0.15) is 5.10 Å². The number of hydrogen-bond donors (Lipinski definition) is 0. The van der Waals surface area contributed by atoms with Gasteiger partial charge < -0.3 is 14.5 Å². The topological polar surface area (TPSA) is 50.6 Å². The van der Waals surface area contributed by atoms with E-state index in [1.807, 2.05) is 96.8 Å². The van der Waals surface area contributed by atoms with Crippen molar-refractivity contribution in [2.75, 3.05) is 37.7 Å². The number of para-hydroxylation sites is 3. The average molecular weight is 453 g/mol. The summed E-state index contributed by atoms with van der Waals surface area (Å²) in [4.78, 5) is 17.9. The summed E-state index contributed by atoms with van der Waals surface area (Å²) in [6.45, 7) is 5.40. The molecule has 1 saturated heterocycles. The fraction of sp³-hybridized carbons (Fsp3) is 0.214. The van der Waals surface area contributed by atoms with E-state index in [0.717, 1.165) is 41.5 Å². The number of benzene rings is 3. The van der Waals surface area contributed by atoms with Gasteiger partial charge in [0.1, 0.15) is 11.4 Å². The highest BCUT2D eigenvalue weighted by Gasteiger charge is 2.27. The predicted octanol–water partition coefficient (Wildman–Crippen LogP) is 4.90. The smallest absolute Gasteiger partial charge is 0.272 e. The highest BCUT2D eigenvalue weighted by atomic mass is 16.5. The number of carbonyl (C=O) groups is 1. The molecule has 1 aliphatic rings. The standard InChI is InChI=1S/C28H28N4O2/c1-2-34-27-16-10-9-15-25(27)30-17-19-31(20-18-30)28(33)26-21-24(22-11-5-3-6-12-22)29-32(26)23-13-7-4-8-14-23/h3-16,21H,2,17-20H2,1H3. The Morgan fingerprint density at radius 2 is 1.50 bits per heavy atom. The third-order valence-corrected chi connectivity index (χ3v) is 6.07. The zero-order valence-corrected chi connectivity index (χ0v) is 19.3. The van der Waals surface area contributed by atoms with Gasteiger partial charge in [0.2, 0.25) is 0 Å². The van der Waals surface area contributed by atoms with Crippen LogP contribution in [0.3, 0.4) is 0 Å². The first kappa shape index (κ1) is 21.8. The van der Waals surface area contributed by atoms with Crippen LogP contribution in [0.5, 0.6) is 5.75 Å². The third-order valence-electron chi connectivity index (χ3n) is 6.07. The van der Waals surface area contributed by atoms with Gasteiger partial charge in [-0.3, -0.25) is 4.79 Å². The van der Waals surface area contributed by atoms with Crippen LogP contribution in [0.2, 0.25) is 0 Å². The second-order valence-corrected chi connectivity index (χ2v) is 8.21. The minimum atomic E-state index is -0.00345. The molecule has 1 amide bonds. The Labute approximate surface area is 200 Å². The quantitative estimate of drug-likeness (QED) is 0.418. The fourth-order valence-electron chi connectivity index (χ4n) is 4.36. The van der Waals surface area contributed by atoms with E-state index in [1.165, 1.54) is 0 Å². The molecule has 0 N–H and O–H groups in total. The molecule has 172 valence electrons. The predicted molar refractivity (Wildman–Crippen MR) is 135 cm³/mol. The minimum absolute atomic E-state index is 0.00345. The lowest BCUT2D eigenvalue weighted by Gasteiger charge is -2.36. The molecule has 0 saturated carbocycles. The first-order valence-corrected chi connectivity index (χ1v) is 11.7. The van der Waals surface area contributed by atoms with Crippen molar-refractivity contribution in [1.82, 2.24) is 14.7 Å². The Hall–Kier alpha value is -4.06. The van der Waals surface area contributed by atoms with Gasteiger partial charge >= 0.3 is 0 Å². The molecule has 1 aliphatic heterocycles. The monoisotopic (exact) mass is 452 g/mol. The molecular weight excluding hydrogens is 424 g/mol. The van der Waals surface area contributed by atoms with Gasteiger partial charge in [-0.1, -0.05) is 60.7 Å². The zero-order chi connectivity index (χ0) is 23.3. The molecule has 0 aliphatic carbocycles. The molecule has 0 unspecified atom stereocenters. The maximum absolute atomic E-state index is 13.7. The summed E-state index contributed by atoms with van der Waals surface area (Å²) in [5, 5.41) is 4.80. The number of rotatable bonds is 6. The Balaban J connectivity index is 1.39. The Bertz CT molecular complexity index is 1250. The van der Waals surface area contributed by atoms with Crippen LogP contribution >= 0.6 is 0 Å². The molecule has 2 heterocycles. The van der Waals surface area contributed by atoms with Gasteiger partial charge in [-0.15, -0.1) is 0 Å². The number of nitrogens with zero attached hydrogens (tertiary/aromatic N) is 4. The van der Waals surface area contributed by atoms with Gasteiger partial charge in [-0.25, -0.2) is 4.68 Å². The van der Waals surface area contributed by atoms with Gasteiger partial charge in [0, 0.05) is 31.7 Å². The maximum Gasteiger partial charge on any atom is 0.272 e. The summed E-state index contributed by atoms with van der Waals surface area (Å²) in [5.41, 5.74) is 4.31. The third kappa shape index (κ3) is 4.39. The number of aromatic nitrogens is 2. The molecule has 5 rings (SSSR count). The highest BCUT2D eigenvalue weighted by molar-refractivity contribution is 5.94. The lowest BCUT2D eigenvalue weighted by molar-refractivity contribution is 0.0737. The SMILES string of the molecule is CCOc1ccccc1N1CCN(C(=O)c2cc(-c3ccccc3)nn2-c2ccccc2)CC1. The summed E-state index contributed by atoms with van der Waals surface area (Å²) in [7, 11) is 0. The van der Waals surface area contributed by atoms with E-state index in [4.69, 9.17) is 9.84 Å². The zero-order valence-electron chi connectivity index (χ0n) is 19.3. The maximum atomic E-state index is 13.7. The molecular formula is C28H28N4O2. The van der Waals surface area contributed by atoms with E-state index in [-0.39, 0.29) is 5.91 Å². The Kier molecular flexibility index (Phi) is 6.29. The van der Waals surface area contributed by atoms with Gasteiger partial charge in [0.25, 0.3) is 5.91 Å². The molecule has 1 fully saturated rings. The van der Waals surface area contributed by atoms with E-state index in [0.29, 0.717) is 25.4 Å². The lowest BCUT2D eigenvalue weighted by atomic mass is 10.1. The van der Waals surface area contributed by atoms with Crippen LogP contribution in [0.1, 0.15) is 17.4 Å². The molecule has 3 aromatic carbocycles. The molecule has 1 aromatic heterocycles. The number of amides is 1. The van der Waals surface area contributed by atoms with Crippen LogP contribution < -0.4 is 9.64 Å². The molecule has 0 spiro atoms. The average Bonchev–Trinajstić information content (AvgIpc) is 3.36. The Morgan fingerprint density at radius 1 is 0.853 bits per heavy atom. The molecule has 4 aromatic rings. The van der Waals surface area contributed by atoms with Crippen LogP contribution in [-0.2, 0) is 0 Å². The summed E-state index contributed by atoms with van der Waals surface area (Å²) in [6, 6.07) is 29.8. The number of piperazine rings is 1. The van der Waals surface area contributed by atoms with Crippen molar-refractivity contribution >= 4 is 11.6 Å². The number of carbonyl (C=O) groups excluding carboxylic acids is 1. The van der Waals surface area contributed by atoms with Crippen molar-refractivity contribution in [3.63, 3.8) is 0 Å². The van der Waals surface area contributed by atoms with E-state index in [1.54, 1.807) is 4.68 Å². The second kappa shape index (κ2) is 9.83. The van der Waals surface area contributed by atoms with Crippen LogP contribution in [0.4, 0.5) is 5.69 Å². The van der Waals surface area contributed by atoms with Crippen LogP contribution in [-0.4, -0.2) is 53.4 Å². The van der Waals surface area contributed by atoms with Crippen LogP contribution in [0, 0.1) is 0 Å². The minimum Gasteiger partial charge on any atom is -0.492 e. The van der Waals surface area contributed by atoms with Crippen molar-refractivity contribution in [2.24, 2.45) is 0 Å². The van der Waals surface area contributed by atoms with Crippen molar-refractivity contribution in [1.29, 1.82) is 0 Å². The van der Waals surface area contributed by atoms with E-state index in [2.05, 4.69) is 11.0 Å². The first-order valence-electron chi connectivity index (χ1n) is 11.7. The summed E-state index contributed by atoms with van der Waals surface area (Å²) in [6.07, 6.45) is 0. The summed E-state index contributed by atoms with van der Waals surface area (Å²) in [5.74, 6) is 0.885. The van der Waals surface area contributed by atoms with Gasteiger partial charge in [0.15, 0.2) is 0 Å². The van der Waals surface area contributed by atoms with Crippen molar-refractivity contribution in [2.45, 2.75) is 6.92 Å². The molecule has 0 atom stereocenters. The largest absolute Gasteiger partial charge is 0.492 e. The second-order valence-electron chi connectivity index (χ2n) is 8.21. The van der Waals surface area contributed by atoms with Crippen molar-refractivity contribution in [3.8, 4) is 22.7 Å². The summed E-state index contributed by atoms with van der Waals surface area (Å²) >= 11 is 0. The fourth-order valence-corrected chi connectivity index (χ4v) is 4.36. The van der Waals surface area contributed by atoms with Gasteiger partial charge in [-0.05, 0) is 37.3 Å². The molecule has 34 heavy (non-hydrogen) atoms.